The number of hydrogen-bond donors (Lipinski definition) is 0. The maximum atomic E-state index is 13.3. The Morgan fingerprint density at radius 2 is 1.32 bits per heavy atom. The van der Waals surface area contributed by atoms with Gasteiger partial charge in [0.25, 0.3) is 0 Å². The van der Waals surface area contributed by atoms with Crippen LogP contribution in [0.25, 0.3) is 0 Å². The van der Waals surface area contributed by atoms with Gasteiger partial charge < -0.3 is 9.47 Å². The van der Waals surface area contributed by atoms with E-state index in [4.69, 9.17) is 0 Å². The summed E-state index contributed by atoms with van der Waals surface area (Å²) in [5, 5.41) is 0. The Morgan fingerprint density at radius 1 is 0.703 bits per heavy atom. The predicted octanol–water partition coefficient (Wildman–Crippen LogP) is 8.91. The molecule has 0 aliphatic heterocycles. The van der Waals surface area contributed by atoms with E-state index in [9.17, 15) is 9.18 Å². The van der Waals surface area contributed by atoms with Crippen LogP contribution in [0.15, 0.2) is 72.9 Å². The Labute approximate surface area is 223 Å². The fourth-order valence-corrected chi connectivity index (χ4v) is 4.86. The summed E-state index contributed by atoms with van der Waals surface area (Å²) >= 11 is 0. The van der Waals surface area contributed by atoms with Gasteiger partial charge in [0, 0.05) is 31.4 Å². The van der Waals surface area contributed by atoms with Crippen molar-refractivity contribution in [1.82, 2.24) is 9.47 Å². The van der Waals surface area contributed by atoms with Crippen LogP contribution in [-0.2, 0) is 24.4 Å². The molecule has 0 aliphatic rings. The number of benzene rings is 2. The fourth-order valence-electron chi connectivity index (χ4n) is 4.86. The summed E-state index contributed by atoms with van der Waals surface area (Å²) < 4.78 is 15.5. The zero-order valence-corrected chi connectivity index (χ0v) is 22.7. The minimum atomic E-state index is -0.224. The largest absolute Gasteiger partial charge is 0.345 e. The van der Waals surface area contributed by atoms with Gasteiger partial charge in [0.2, 0.25) is 5.91 Å². The number of nitrogens with zero attached hydrogens (tertiary/aromatic N) is 2. The SMILES string of the molecule is CCCCCCCCCCCCCC(=O)N(Cc1ccccc1)Cc1cccn1Cc1ccc(F)cc1. The Morgan fingerprint density at radius 3 is 1.97 bits per heavy atom. The van der Waals surface area contributed by atoms with Crippen LogP contribution in [0.2, 0.25) is 0 Å². The van der Waals surface area contributed by atoms with Gasteiger partial charge >= 0.3 is 0 Å². The molecule has 37 heavy (non-hydrogen) atoms. The van der Waals surface area contributed by atoms with Crippen LogP contribution in [0.4, 0.5) is 4.39 Å². The fraction of sp³-hybridized carbons (Fsp3) is 0.485. The molecule has 0 saturated carbocycles. The molecule has 1 amide bonds. The summed E-state index contributed by atoms with van der Waals surface area (Å²) in [6.07, 6.45) is 16.7. The topological polar surface area (TPSA) is 25.2 Å². The van der Waals surface area contributed by atoms with E-state index < -0.39 is 0 Å². The van der Waals surface area contributed by atoms with Crippen molar-refractivity contribution in [2.24, 2.45) is 0 Å². The van der Waals surface area contributed by atoms with E-state index in [1.807, 2.05) is 47.5 Å². The summed E-state index contributed by atoms with van der Waals surface area (Å²) in [5.41, 5.74) is 3.28. The maximum Gasteiger partial charge on any atom is 0.223 e. The van der Waals surface area contributed by atoms with Gasteiger partial charge in [0.1, 0.15) is 5.82 Å². The first-order valence-corrected chi connectivity index (χ1v) is 14.4. The molecule has 0 bridgehead atoms. The van der Waals surface area contributed by atoms with Gasteiger partial charge in [-0.1, -0.05) is 114 Å². The molecular formula is C33H45FN2O. The maximum absolute atomic E-state index is 13.3. The molecule has 3 nitrogen and oxygen atoms in total. The highest BCUT2D eigenvalue weighted by atomic mass is 19.1. The van der Waals surface area contributed by atoms with Gasteiger partial charge in [-0.3, -0.25) is 4.79 Å². The first-order chi connectivity index (χ1) is 18.2. The Hall–Kier alpha value is -2.88. The second-order valence-electron chi connectivity index (χ2n) is 10.3. The summed E-state index contributed by atoms with van der Waals surface area (Å²) in [7, 11) is 0. The van der Waals surface area contributed by atoms with E-state index in [2.05, 4.69) is 29.7 Å². The molecule has 0 aliphatic carbocycles. The molecule has 0 N–H and O–H groups in total. The normalized spacial score (nSPS) is 11.1. The van der Waals surface area contributed by atoms with E-state index in [-0.39, 0.29) is 11.7 Å². The van der Waals surface area contributed by atoms with Gasteiger partial charge in [0.05, 0.1) is 6.54 Å². The Bertz CT molecular complexity index is 1010. The standard InChI is InChI=1S/C33H45FN2O/c1-2-3-4-5-6-7-8-9-10-11-15-20-33(37)36(27-29-17-13-12-14-18-29)28-32-19-16-25-35(32)26-30-21-23-31(34)24-22-30/h12-14,16-19,21-25H,2-11,15,20,26-28H2,1H3. The molecule has 0 unspecified atom stereocenters. The summed E-state index contributed by atoms with van der Waals surface area (Å²) in [6, 6.07) is 21.0. The van der Waals surface area contributed by atoms with E-state index in [1.54, 1.807) is 0 Å². The van der Waals surface area contributed by atoms with Crippen molar-refractivity contribution in [1.29, 1.82) is 0 Å². The van der Waals surface area contributed by atoms with Crippen LogP contribution >= 0.6 is 0 Å². The van der Waals surface area contributed by atoms with Crippen molar-refractivity contribution in [3.8, 4) is 0 Å². The first kappa shape index (κ1) is 28.7. The summed E-state index contributed by atoms with van der Waals surface area (Å²) in [5.74, 6) is -0.00664. The predicted molar refractivity (Wildman–Crippen MR) is 152 cm³/mol. The highest BCUT2D eigenvalue weighted by molar-refractivity contribution is 5.76. The molecule has 3 aromatic rings. The van der Waals surface area contributed by atoms with Gasteiger partial charge in [-0.2, -0.15) is 0 Å². The Balaban J connectivity index is 1.48. The molecule has 3 rings (SSSR count). The van der Waals surface area contributed by atoms with Crippen LogP contribution < -0.4 is 0 Å². The zero-order valence-electron chi connectivity index (χ0n) is 22.7. The molecule has 0 saturated heterocycles. The minimum absolute atomic E-state index is 0.217. The summed E-state index contributed by atoms with van der Waals surface area (Å²) in [4.78, 5) is 15.3. The number of amides is 1. The van der Waals surface area contributed by atoms with Crippen molar-refractivity contribution in [2.75, 3.05) is 0 Å². The quantitative estimate of drug-likeness (QED) is 0.159. The lowest BCUT2D eigenvalue weighted by molar-refractivity contribution is -0.132. The minimum Gasteiger partial charge on any atom is -0.345 e. The number of rotatable bonds is 18. The molecular weight excluding hydrogens is 459 g/mol. The number of hydrogen-bond acceptors (Lipinski definition) is 1. The lowest BCUT2D eigenvalue weighted by Gasteiger charge is -2.24. The van der Waals surface area contributed by atoms with E-state index >= 15 is 0 Å². The Kier molecular flexibility index (Phi) is 13.0. The van der Waals surface area contributed by atoms with E-state index in [1.165, 1.54) is 69.9 Å². The molecule has 0 radical (unpaired) electrons. The third-order valence-electron chi connectivity index (χ3n) is 7.11. The average Bonchev–Trinajstić information content (AvgIpc) is 3.35. The molecule has 0 fully saturated rings. The van der Waals surface area contributed by atoms with Gasteiger partial charge in [-0.05, 0) is 41.8 Å². The highest BCUT2D eigenvalue weighted by Gasteiger charge is 2.16. The number of carbonyl (C=O) groups excluding carboxylic acids is 1. The summed E-state index contributed by atoms with van der Waals surface area (Å²) in [6.45, 7) is 4.10. The van der Waals surface area contributed by atoms with Crippen molar-refractivity contribution in [3.05, 3.63) is 95.6 Å². The number of carbonyl (C=O) groups is 1. The van der Waals surface area contributed by atoms with Gasteiger partial charge in [-0.25, -0.2) is 4.39 Å². The molecule has 0 spiro atoms. The molecule has 1 aromatic heterocycles. The van der Waals surface area contributed by atoms with Crippen molar-refractivity contribution in [3.63, 3.8) is 0 Å². The first-order valence-electron chi connectivity index (χ1n) is 14.4. The average molecular weight is 505 g/mol. The lowest BCUT2D eigenvalue weighted by atomic mass is 10.0. The molecule has 2 aromatic carbocycles. The second kappa shape index (κ2) is 16.8. The van der Waals surface area contributed by atoms with E-state index in [0.29, 0.717) is 26.1 Å². The molecule has 200 valence electrons. The van der Waals surface area contributed by atoms with Crippen molar-refractivity contribution < 1.29 is 9.18 Å². The van der Waals surface area contributed by atoms with Crippen LogP contribution in [-0.4, -0.2) is 15.4 Å². The number of halogens is 1. The zero-order chi connectivity index (χ0) is 26.1. The van der Waals surface area contributed by atoms with Crippen molar-refractivity contribution in [2.45, 2.75) is 104 Å². The van der Waals surface area contributed by atoms with Crippen LogP contribution in [0.5, 0.6) is 0 Å². The van der Waals surface area contributed by atoms with Crippen LogP contribution in [0, 0.1) is 5.82 Å². The third-order valence-corrected chi connectivity index (χ3v) is 7.11. The molecule has 0 atom stereocenters. The van der Waals surface area contributed by atoms with E-state index in [0.717, 1.165) is 29.7 Å². The monoisotopic (exact) mass is 504 g/mol. The van der Waals surface area contributed by atoms with Crippen LogP contribution in [0.3, 0.4) is 0 Å². The second-order valence-corrected chi connectivity index (χ2v) is 10.3. The van der Waals surface area contributed by atoms with Gasteiger partial charge in [0.15, 0.2) is 0 Å². The van der Waals surface area contributed by atoms with Crippen LogP contribution in [0.1, 0.15) is 101 Å². The number of unbranched alkanes of at least 4 members (excludes halogenated alkanes) is 10. The van der Waals surface area contributed by atoms with Gasteiger partial charge in [-0.15, -0.1) is 0 Å². The van der Waals surface area contributed by atoms with Crippen molar-refractivity contribution >= 4 is 5.91 Å². The lowest BCUT2D eigenvalue weighted by Crippen LogP contribution is -2.30. The highest BCUT2D eigenvalue weighted by Crippen LogP contribution is 2.17. The molecule has 4 heteroatoms. The third kappa shape index (κ3) is 11.0. The smallest absolute Gasteiger partial charge is 0.223 e. The number of aromatic nitrogens is 1. The molecule has 1 heterocycles.